The third-order valence-corrected chi connectivity index (χ3v) is 5.51. The molecular formula is C24H24N2O. The topological polar surface area (TPSA) is 24.8 Å². The lowest BCUT2D eigenvalue weighted by atomic mass is 9.73. The second-order valence-corrected chi connectivity index (χ2v) is 6.81. The number of nitrogens with zero attached hydrogens (tertiary/aromatic N) is 2. The standard InChI is InChI=1S/C24H24N2O/c1-3-24(20-10-6-4-7-11-20)23(19-14-16-22(27-2)17-15-19)18-25-26(24)21-12-8-5-9-13-21/h4-18,23H,3H2,1-2H3. The molecule has 0 spiro atoms. The van der Waals surface area contributed by atoms with Crippen molar-refractivity contribution in [1.82, 2.24) is 0 Å². The average Bonchev–Trinajstić information content (AvgIpc) is 3.15. The Kier molecular flexibility index (Phi) is 4.68. The highest BCUT2D eigenvalue weighted by Crippen LogP contribution is 2.49. The van der Waals surface area contributed by atoms with Gasteiger partial charge in [-0.15, -0.1) is 0 Å². The van der Waals surface area contributed by atoms with Gasteiger partial charge in [-0.2, -0.15) is 5.10 Å². The Morgan fingerprint density at radius 2 is 1.52 bits per heavy atom. The number of ether oxygens (including phenoxy) is 1. The molecule has 3 aromatic rings. The first-order chi connectivity index (χ1) is 13.3. The summed E-state index contributed by atoms with van der Waals surface area (Å²) in [6.45, 7) is 2.24. The van der Waals surface area contributed by atoms with E-state index in [0.717, 1.165) is 17.9 Å². The molecule has 0 aromatic heterocycles. The van der Waals surface area contributed by atoms with Gasteiger partial charge in [-0.3, -0.25) is 5.01 Å². The molecule has 1 heterocycles. The van der Waals surface area contributed by atoms with Crippen molar-refractivity contribution in [3.63, 3.8) is 0 Å². The normalized spacial score (nSPS) is 21.4. The minimum absolute atomic E-state index is 0.149. The van der Waals surface area contributed by atoms with E-state index in [9.17, 15) is 0 Å². The van der Waals surface area contributed by atoms with Crippen molar-refractivity contribution in [3.8, 4) is 5.75 Å². The summed E-state index contributed by atoms with van der Waals surface area (Å²) in [5.41, 5.74) is 3.35. The van der Waals surface area contributed by atoms with Gasteiger partial charge in [-0.05, 0) is 41.8 Å². The van der Waals surface area contributed by atoms with E-state index in [1.54, 1.807) is 7.11 Å². The summed E-state index contributed by atoms with van der Waals surface area (Å²) in [7, 11) is 1.70. The van der Waals surface area contributed by atoms with Crippen molar-refractivity contribution < 1.29 is 4.74 Å². The van der Waals surface area contributed by atoms with Crippen molar-refractivity contribution >= 4 is 11.9 Å². The first-order valence-corrected chi connectivity index (χ1v) is 9.38. The summed E-state index contributed by atoms with van der Waals surface area (Å²) in [5.74, 6) is 1.02. The second-order valence-electron chi connectivity index (χ2n) is 6.81. The number of hydrazone groups is 1. The van der Waals surface area contributed by atoms with Crippen molar-refractivity contribution in [1.29, 1.82) is 0 Å². The highest BCUT2D eigenvalue weighted by Gasteiger charge is 2.48. The van der Waals surface area contributed by atoms with Crippen LogP contribution >= 0.6 is 0 Å². The zero-order valence-electron chi connectivity index (χ0n) is 15.7. The highest BCUT2D eigenvalue weighted by atomic mass is 16.5. The fourth-order valence-electron chi connectivity index (χ4n) is 4.13. The van der Waals surface area contributed by atoms with Crippen LogP contribution in [0.5, 0.6) is 5.75 Å². The maximum atomic E-state index is 5.34. The third kappa shape index (κ3) is 2.89. The monoisotopic (exact) mass is 356 g/mol. The number of benzene rings is 3. The molecule has 0 saturated carbocycles. The van der Waals surface area contributed by atoms with Gasteiger partial charge >= 0.3 is 0 Å². The van der Waals surface area contributed by atoms with Crippen LogP contribution in [0.2, 0.25) is 0 Å². The predicted octanol–water partition coefficient (Wildman–Crippen LogP) is 5.59. The molecule has 0 bridgehead atoms. The lowest BCUT2D eigenvalue weighted by Crippen LogP contribution is -2.44. The Labute approximate surface area is 160 Å². The van der Waals surface area contributed by atoms with Gasteiger partial charge in [-0.1, -0.05) is 67.6 Å². The maximum absolute atomic E-state index is 5.34. The van der Waals surface area contributed by atoms with Crippen LogP contribution in [0.4, 0.5) is 5.69 Å². The smallest absolute Gasteiger partial charge is 0.118 e. The SMILES string of the molecule is CCC1(c2ccccc2)C(c2ccc(OC)cc2)C=NN1c1ccccc1. The zero-order chi connectivity index (χ0) is 18.7. The number of anilines is 1. The van der Waals surface area contributed by atoms with E-state index in [-0.39, 0.29) is 11.5 Å². The highest BCUT2D eigenvalue weighted by molar-refractivity contribution is 5.78. The summed E-state index contributed by atoms with van der Waals surface area (Å²) in [6, 6.07) is 29.5. The minimum Gasteiger partial charge on any atom is -0.497 e. The van der Waals surface area contributed by atoms with Gasteiger partial charge in [0.15, 0.2) is 0 Å². The zero-order valence-corrected chi connectivity index (χ0v) is 15.7. The van der Waals surface area contributed by atoms with Gasteiger partial charge in [0.05, 0.1) is 24.3 Å². The lowest BCUT2D eigenvalue weighted by Gasteiger charge is -2.42. The molecule has 0 amide bonds. The number of para-hydroxylation sites is 1. The summed E-state index contributed by atoms with van der Waals surface area (Å²) in [5, 5.41) is 7.08. The molecule has 0 N–H and O–H groups in total. The minimum atomic E-state index is -0.267. The molecule has 4 rings (SSSR count). The van der Waals surface area contributed by atoms with Crippen LogP contribution < -0.4 is 9.75 Å². The molecule has 136 valence electrons. The summed E-state index contributed by atoms with van der Waals surface area (Å²) < 4.78 is 5.34. The third-order valence-electron chi connectivity index (χ3n) is 5.51. The van der Waals surface area contributed by atoms with Crippen LogP contribution in [0, 0.1) is 0 Å². The first kappa shape index (κ1) is 17.3. The van der Waals surface area contributed by atoms with Crippen molar-refractivity contribution in [2.75, 3.05) is 12.1 Å². The summed E-state index contributed by atoms with van der Waals surface area (Å²) in [6.07, 6.45) is 3.02. The van der Waals surface area contributed by atoms with Crippen molar-refractivity contribution in [2.24, 2.45) is 5.10 Å². The molecule has 2 atom stereocenters. The Bertz CT molecular complexity index is 906. The molecule has 0 fully saturated rings. The quantitative estimate of drug-likeness (QED) is 0.595. The molecule has 1 aliphatic heterocycles. The van der Waals surface area contributed by atoms with E-state index in [1.807, 2.05) is 18.2 Å². The first-order valence-electron chi connectivity index (χ1n) is 9.38. The predicted molar refractivity (Wildman–Crippen MR) is 112 cm³/mol. The van der Waals surface area contributed by atoms with Gasteiger partial charge in [0.25, 0.3) is 0 Å². The van der Waals surface area contributed by atoms with E-state index in [4.69, 9.17) is 9.84 Å². The van der Waals surface area contributed by atoms with Gasteiger partial charge < -0.3 is 4.74 Å². The molecule has 0 aliphatic carbocycles. The fourth-order valence-corrected chi connectivity index (χ4v) is 4.13. The summed E-state index contributed by atoms with van der Waals surface area (Å²) >= 11 is 0. The molecule has 0 radical (unpaired) electrons. The molecule has 0 saturated heterocycles. The lowest BCUT2D eigenvalue weighted by molar-refractivity contribution is 0.389. The van der Waals surface area contributed by atoms with Crippen LogP contribution in [0.15, 0.2) is 90.0 Å². The fraction of sp³-hybridized carbons (Fsp3) is 0.208. The molecular weight excluding hydrogens is 332 g/mol. The molecule has 27 heavy (non-hydrogen) atoms. The second kappa shape index (κ2) is 7.28. The summed E-state index contributed by atoms with van der Waals surface area (Å²) in [4.78, 5) is 0. The maximum Gasteiger partial charge on any atom is 0.118 e. The number of methoxy groups -OCH3 is 1. The van der Waals surface area contributed by atoms with Crippen LogP contribution in [0.1, 0.15) is 30.4 Å². The number of hydrogen-bond acceptors (Lipinski definition) is 3. The number of hydrogen-bond donors (Lipinski definition) is 0. The molecule has 1 aliphatic rings. The van der Waals surface area contributed by atoms with E-state index < -0.39 is 0 Å². The van der Waals surface area contributed by atoms with E-state index in [0.29, 0.717) is 0 Å². The van der Waals surface area contributed by atoms with Gasteiger partial charge in [-0.25, -0.2) is 0 Å². The van der Waals surface area contributed by atoms with E-state index in [2.05, 4.69) is 84.9 Å². The van der Waals surface area contributed by atoms with Crippen LogP contribution in [0.3, 0.4) is 0 Å². The molecule has 3 heteroatoms. The van der Waals surface area contributed by atoms with Crippen molar-refractivity contribution in [2.45, 2.75) is 24.8 Å². The number of rotatable bonds is 5. The van der Waals surface area contributed by atoms with Crippen LogP contribution in [-0.2, 0) is 5.54 Å². The van der Waals surface area contributed by atoms with Crippen LogP contribution in [0.25, 0.3) is 0 Å². The largest absolute Gasteiger partial charge is 0.497 e. The Morgan fingerprint density at radius 1 is 0.889 bits per heavy atom. The Balaban J connectivity index is 1.86. The molecule has 2 unspecified atom stereocenters. The molecule has 3 nitrogen and oxygen atoms in total. The van der Waals surface area contributed by atoms with E-state index in [1.165, 1.54) is 11.1 Å². The van der Waals surface area contributed by atoms with Crippen molar-refractivity contribution in [3.05, 3.63) is 96.1 Å². The Morgan fingerprint density at radius 3 is 2.11 bits per heavy atom. The molecule has 3 aromatic carbocycles. The van der Waals surface area contributed by atoms with E-state index >= 15 is 0 Å². The van der Waals surface area contributed by atoms with Gasteiger partial charge in [0, 0.05) is 6.21 Å². The van der Waals surface area contributed by atoms with Gasteiger partial charge in [0.1, 0.15) is 5.75 Å². The Hall–Kier alpha value is -3.07. The van der Waals surface area contributed by atoms with Gasteiger partial charge in [0.2, 0.25) is 0 Å². The average molecular weight is 356 g/mol. The van der Waals surface area contributed by atoms with Crippen LogP contribution in [-0.4, -0.2) is 13.3 Å².